The van der Waals surface area contributed by atoms with Gasteiger partial charge in [-0.3, -0.25) is 9.78 Å². The van der Waals surface area contributed by atoms with Crippen molar-refractivity contribution in [2.24, 2.45) is 0 Å². The second-order valence-corrected chi connectivity index (χ2v) is 4.95. The van der Waals surface area contributed by atoms with Gasteiger partial charge in [-0.05, 0) is 26.4 Å². The smallest absolute Gasteiger partial charge is 0.271 e. The minimum atomic E-state index is -0.219. The van der Waals surface area contributed by atoms with Crippen LogP contribution >= 0.6 is 11.6 Å². The summed E-state index contributed by atoms with van der Waals surface area (Å²) < 4.78 is 0. The van der Waals surface area contributed by atoms with Crippen LogP contribution in [0, 0.1) is 0 Å². The molecule has 0 bridgehead atoms. The van der Waals surface area contributed by atoms with E-state index >= 15 is 0 Å². The van der Waals surface area contributed by atoms with E-state index in [-0.39, 0.29) is 16.8 Å². The van der Waals surface area contributed by atoms with Gasteiger partial charge in [-0.25, -0.2) is 4.98 Å². The summed E-state index contributed by atoms with van der Waals surface area (Å²) in [5.74, 6) is -0.219. The van der Waals surface area contributed by atoms with Crippen LogP contribution in [0.3, 0.4) is 0 Å². The second kappa shape index (κ2) is 6.11. The molecule has 1 atom stereocenters. The van der Waals surface area contributed by atoms with Crippen LogP contribution in [0.4, 0.5) is 0 Å². The summed E-state index contributed by atoms with van der Waals surface area (Å²) in [5.41, 5.74) is 0.265. The van der Waals surface area contributed by atoms with E-state index in [9.17, 15) is 4.79 Å². The predicted molar refractivity (Wildman–Crippen MR) is 69.6 cm³/mol. The van der Waals surface area contributed by atoms with Crippen molar-refractivity contribution in [2.75, 3.05) is 20.1 Å². The first kappa shape index (κ1) is 13.2. The summed E-state index contributed by atoms with van der Waals surface area (Å²) >= 11 is 5.70. The highest BCUT2D eigenvalue weighted by Crippen LogP contribution is 2.14. The fourth-order valence-electron chi connectivity index (χ4n) is 2.15. The van der Waals surface area contributed by atoms with Crippen LogP contribution in [0.2, 0.25) is 5.15 Å². The molecule has 1 N–H and O–H groups in total. The number of amides is 1. The van der Waals surface area contributed by atoms with Crippen molar-refractivity contribution in [3.05, 3.63) is 23.2 Å². The van der Waals surface area contributed by atoms with E-state index in [1.165, 1.54) is 25.2 Å². The van der Waals surface area contributed by atoms with Gasteiger partial charge in [0.1, 0.15) is 10.8 Å². The van der Waals surface area contributed by atoms with E-state index in [2.05, 4.69) is 27.2 Å². The number of hydrogen-bond donors (Lipinski definition) is 1. The first-order valence-corrected chi connectivity index (χ1v) is 6.50. The Hall–Kier alpha value is -1.20. The molecule has 1 aromatic rings. The van der Waals surface area contributed by atoms with Gasteiger partial charge in [0.25, 0.3) is 5.91 Å². The summed E-state index contributed by atoms with van der Waals surface area (Å²) in [6, 6.07) is 0.412. The Morgan fingerprint density at radius 1 is 1.56 bits per heavy atom. The third-order valence-corrected chi connectivity index (χ3v) is 3.44. The van der Waals surface area contributed by atoms with Crippen molar-refractivity contribution in [3.8, 4) is 0 Å². The highest BCUT2D eigenvalue weighted by molar-refractivity contribution is 6.29. The topological polar surface area (TPSA) is 58.1 Å². The van der Waals surface area contributed by atoms with Gasteiger partial charge >= 0.3 is 0 Å². The van der Waals surface area contributed by atoms with Crippen molar-refractivity contribution in [1.82, 2.24) is 20.2 Å². The van der Waals surface area contributed by atoms with E-state index in [0.717, 1.165) is 13.0 Å². The number of likely N-dealkylation sites (tertiary alicyclic amines) is 1. The number of aromatic nitrogens is 2. The molecule has 1 amide bonds. The van der Waals surface area contributed by atoms with E-state index < -0.39 is 0 Å². The lowest BCUT2D eigenvalue weighted by Gasteiger charge is -2.32. The molecule has 6 heteroatoms. The molecule has 2 rings (SSSR count). The Bertz CT molecular complexity index is 426. The van der Waals surface area contributed by atoms with Crippen LogP contribution in [-0.4, -0.2) is 47.0 Å². The molecule has 0 radical (unpaired) electrons. The SMILES string of the molecule is CN1CCCCC1CNC(=O)c1cncc(Cl)n1. The number of piperidine rings is 1. The van der Waals surface area contributed by atoms with Gasteiger partial charge < -0.3 is 10.2 Å². The van der Waals surface area contributed by atoms with Crippen LogP contribution in [0.25, 0.3) is 0 Å². The summed E-state index contributed by atoms with van der Waals surface area (Å²) in [4.78, 5) is 21.9. The summed E-state index contributed by atoms with van der Waals surface area (Å²) in [6.07, 6.45) is 6.42. The molecule has 0 saturated carbocycles. The highest BCUT2D eigenvalue weighted by Gasteiger charge is 2.19. The standard InChI is InChI=1S/C12H17ClN4O/c1-17-5-3-2-4-9(17)6-15-12(18)10-7-14-8-11(13)16-10/h7-9H,2-6H2,1H3,(H,15,18). The van der Waals surface area contributed by atoms with Gasteiger partial charge in [-0.15, -0.1) is 0 Å². The third kappa shape index (κ3) is 3.40. The average molecular weight is 269 g/mol. The normalized spacial score (nSPS) is 20.7. The monoisotopic (exact) mass is 268 g/mol. The van der Waals surface area contributed by atoms with Gasteiger partial charge in [0.15, 0.2) is 0 Å². The van der Waals surface area contributed by atoms with Crippen LogP contribution in [0.1, 0.15) is 29.8 Å². The van der Waals surface area contributed by atoms with Crippen LogP contribution in [-0.2, 0) is 0 Å². The average Bonchev–Trinajstić information content (AvgIpc) is 2.37. The fraction of sp³-hybridized carbons (Fsp3) is 0.583. The molecule has 1 fully saturated rings. The first-order valence-electron chi connectivity index (χ1n) is 6.13. The van der Waals surface area contributed by atoms with Gasteiger partial charge in [0.2, 0.25) is 0 Å². The summed E-state index contributed by atoms with van der Waals surface area (Å²) in [6.45, 7) is 1.74. The molecule has 0 aliphatic carbocycles. The molecule has 1 saturated heterocycles. The molecule has 18 heavy (non-hydrogen) atoms. The van der Waals surface area contributed by atoms with Crippen molar-refractivity contribution in [1.29, 1.82) is 0 Å². The molecule has 1 aliphatic rings. The zero-order chi connectivity index (χ0) is 13.0. The van der Waals surface area contributed by atoms with E-state index in [4.69, 9.17) is 11.6 Å². The molecule has 0 aromatic carbocycles. The number of likely N-dealkylation sites (N-methyl/N-ethyl adjacent to an activating group) is 1. The number of hydrogen-bond acceptors (Lipinski definition) is 4. The zero-order valence-corrected chi connectivity index (χ0v) is 11.2. The minimum absolute atomic E-state index is 0.219. The number of halogens is 1. The van der Waals surface area contributed by atoms with Gasteiger partial charge in [0.05, 0.1) is 12.4 Å². The van der Waals surface area contributed by atoms with Crippen molar-refractivity contribution >= 4 is 17.5 Å². The maximum absolute atomic E-state index is 11.9. The van der Waals surface area contributed by atoms with Crippen molar-refractivity contribution in [2.45, 2.75) is 25.3 Å². The zero-order valence-electron chi connectivity index (χ0n) is 10.4. The number of nitrogens with zero attached hydrogens (tertiary/aromatic N) is 3. The Balaban J connectivity index is 1.88. The maximum Gasteiger partial charge on any atom is 0.271 e. The Morgan fingerprint density at radius 2 is 2.39 bits per heavy atom. The second-order valence-electron chi connectivity index (χ2n) is 4.57. The predicted octanol–water partition coefficient (Wildman–Crippen LogP) is 1.34. The van der Waals surface area contributed by atoms with Crippen molar-refractivity contribution < 1.29 is 4.79 Å². The number of carbonyl (C=O) groups excluding carboxylic acids is 1. The lowest BCUT2D eigenvalue weighted by Crippen LogP contribution is -2.44. The molecule has 1 unspecified atom stereocenters. The number of rotatable bonds is 3. The van der Waals surface area contributed by atoms with Gasteiger partial charge in [-0.1, -0.05) is 18.0 Å². The molecule has 1 aliphatic heterocycles. The summed E-state index contributed by atoms with van der Waals surface area (Å²) in [5, 5.41) is 3.12. The quantitative estimate of drug-likeness (QED) is 0.899. The van der Waals surface area contributed by atoms with E-state index in [1.54, 1.807) is 0 Å². The van der Waals surface area contributed by atoms with E-state index in [0.29, 0.717) is 12.6 Å². The maximum atomic E-state index is 11.9. The third-order valence-electron chi connectivity index (χ3n) is 3.26. The van der Waals surface area contributed by atoms with Crippen molar-refractivity contribution in [3.63, 3.8) is 0 Å². The molecule has 2 heterocycles. The Labute approximate surface area is 112 Å². The van der Waals surface area contributed by atoms with Crippen LogP contribution in [0.15, 0.2) is 12.4 Å². The lowest BCUT2D eigenvalue weighted by atomic mass is 10.0. The molecular formula is C12H17ClN4O. The van der Waals surface area contributed by atoms with Crippen LogP contribution < -0.4 is 5.32 Å². The van der Waals surface area contributed by atoms with Gasteiger partial charge in [-0.2, -0.15) is 0 Å². The first-order chi connectivity index (χ1) is 8.66. The number of carbonyl (C=O) groups is 1. The molecule has 98 valence electrons. The largest absolute Gasteiger partial charge is 0.349 e. The molecular weight excluding hydrogens is 252 g/mol. The molecule has 5 nitrogen and oxygen atoms in total. The lowest BCUT2D eigenvalue weighted by molar-refractivity contribution is 0.0923. The van der Waals surface area contributed by atoms with Gasteiger partial charge in [0, 0.05) is 12.6 Å². The number of nitrogens with one attached hydrogen (secondary N) is 1. The summed E-state index contributed by atoms with van der Waals surface area (Å²) in [7, 11) is 2.09. The molecule has 0 spiro atoms. The highest BCUT2D eigenvalue weighted by atomic mass is 35.5. The Morgan fingerprint density at radius 3 is 3.11 bits per heavy atom. The molecule has 1 aromatic heterocycles. The fourth-order valence-corrected chi connectivity index (χ4v) is 2.30. The van der Waals surface area contributed by atoms with E-state index in [1.807, 2.05) is 0 Å². The minimum Gasteiger partial charge on any atom is -0.349 e. The Kier molecular flexibility index (Phi) is 4.49. The van der Waals surface area contributed by atoms with Crippen LogP contribution in [0.5, 0.6) is 0 Å².